The van der Waals surface area contributed by atoms with Gasteiger partial charge in [0.15, 0.2) is 0 Å². The van der Waals surface area contributed by atoms with Crippen LogP contribution in [0.15, 0.2) is 24.3 Å². The molecule has 118 valence electrons. The molecule has 1 saturated heterocycles. The average molecular weight is 323 g/mol. The van der Waals surface area contributed by atoms with Crippen molar-refractivity contribution >= 4 is 18.3 Å². The summed E-state index contributed by atoms with van der Waals surface area (Å²) in [6.45, 7) is 1.51. The van der Waals surface area contributed by atoms with Gasteiger partial charge in [0.1, 0.15) is 0 Å². The molecule has 1 N–H and O–H groups in total. The minimum atomic E-state index is -4.52. The number of carbonyl (C=O) groups is 1. The summed E-state index contributed by atoms with van der Waals surface area (Å²) < 4.78 is 38.8. The van der Waals surface area contributed by atoms with Crippen LogP contribution in [0.1, 0.15) is 28.8 Å². The number of hydrogen-bond donors (Lipinski definition) is 1. The topological polar surface area (TPSA) is 32.3 Å². The maximum absolute atomic E-state index is 12.9. The van der Waals surface area contributed by atoms with Crippen LogP contribution >= 0.6 is 12.4 Å². The van der Waals surface area contributed by atoms with Gasteiger partial charge in [0.05, 0.1) is 11.1 Å². The summed E-state index contributed by atoms with van der Waals surface area (Å²) >= 11 is 0. The number of halogens is 4. The van der Waals surface area contributed by atoms with E-state index in [-0.39, 0.29) is 24.0 Å². The predicted octanol–water partition coefficient (Wildman–Crippen LogP) is 2.95. The zero-order chi connectivity index (χ0) is 14.8. The minimum absolute atomic E-state index is 0. The van der Waals surface area contributed by atoms with Crippen LogP contribution in [0.3, 0.4) is 0 Å². The van der Waals surface area contributed by atoms with Gasteiger partial charge in [0.25, 0.3) is 5.91 Å². The van der Waals surface area contributed by atoms with E-state index in [0.717, 1.165) is 25.5 Å². The standard InChI is InChI=1S/C14H17F3N2O.ClH/c1-19(10-5-4-8-18-9-10)13(20)11-6-2-3-7-12(11)14(15,16)17;/h2-3,6-7,10,18H,4-5,8-9H2,1H3;1H/t10-;/m0./s1. The molecular weight excluding hydrogens is 305 g/mol. The second-order valence-corrected chi connectivity index (χ2v) is 4.96. The van der Waals surface area contributed by atoms with Gasteiger partial charge < -0.3 is 10.2 Å². The van der Waals surface area contributed by atoms with E-state index in [0.29, 0.717) is 6.54 Å². The number of piperidine rings is 1. The van der Waals surface area contributed by atoms with Gasteiger partial charge in [-0.3, -0.25) is 4.79 Å². The van der Waals surface area contributed by atoms with Crippen molar-refractivity contribution in [2.45, 2.75) is 25.1 Å². The fraction of sp³-hybridized carbons (Fsp3) is 0.500. The monoisotopic (exact) mass is 322 g/mol. The molecule has 21 heavy (non-hydrogen) atoms. The van der Waals surface area contributed by atoms with Crippen molar-refractivity contribution in [3.05, 3.63) is 35.4 Å². The molecule has 1 fully saturated rings. The van der Waals surface area contributed by atoms with E-state index in [1.165, 1.54) is 23.1 Å². The van der Waals surface area contributed by atoms with Gasteiger partial charge in [0, 0.05) is 19.6 Å². The van der Waals surface area contributed by atoms with Gasteiger partial charge in [-0.2, -0.15) is 13.2 Å². The number of hydrogen-bond acceptors (Lipinski definition) is 2. The summed E-state index contributed by atoms with van der Waals surface area (Å²) in [4.78, 5) is 13.7. The van der Waals surface area contributed by atoms with Crippen LogP contribution in [0.25, 0.3) is 0 Å². The lowest BCUT2D eigenvalue weighted by Crippen LogP contribution is -2.47. The molecule has 0 aliphatic carbocycles. The van der Waals surface area contributed by atoms with Crippen molar-refractivity contribution in [2.24, 2.45) is 0 Å². The normalized spacial score (nSPS) is 18.8. The Kier molecular flexibility index (Phi) is 6.04. The largest absolute Gasteiger partial charge is 0.417 e. The van der Waals surface area contributed by atoms with Crippen molar-refractivity contribution in [3.63, 3.8) is 0 Å². The third-order valence-corrected chi connectivity index (χ3v) is 3.60. The molecule has 2 rings (SSSR count). The van der Waals surface area contributed by atoms with Gasteiger partial charge in [-0.25, -0.2) is 0 Å². The average Bonchev–Trinajstić information content (AvgIpc) is 2.46. The minimum Gasteiger partial charge on any atom is -0.337 e. The maximum Gasteiger partial charge on any atom is 0.417 e. The van der Waals surface area contributed by atoms with Gasteiger partial charge in [0.2, 0.25) is 0 Å². The zero-order valence-corrected chi connectivity index (χ0v) is 12.4. The number of carbonyl (C=O) groups excluding carboxylic acids is 1. The summed E-state index contributed by atoms with van der Waals surface area (Å²) in [6.07, 6.45) is -2.79. The van der Waals surface area contributed by atoms with Crippen LogP contribution in [-0.4, -0.2) is 37.0 Å². The molecule has 0 unspecified atom stereocenters. The molecule has 1 aliphatic rings. The molecule has 0 radical (unpaired) electrons. The van der Waals surface area contributed by atoms with Gasteiger partial charge >= 0.3 is 6.18 Å². The highest BCUT2D eigenvalue weighted by Gasteiger charge is 2.36. The predicted molar refractivity (Wildman–Crippen MR) is 76.7 cm³/mol. The summed E-state index contributed by atoms with van der Waals surface area (Å²) in [5.41, 5.74) is -1.16. The Balaban J connectivity index is 0.00000220. The zero-order valence-electron chi connectivity index (χ0n) is 11.6. The molecule has 1 heterocycles. The lowest BCUT2D eigenvalue weighted by Gasteiger charge is -2.32. The van der Waals surface area contributed by atoms with Gasteiger partial charge in [-0.1, -0.05) is 12.1 Å². The van der Waals surface area contributed by atoms with Crippen LogP contribution in [0.2, 0.25) is 0 Å². The Morgan fingerprint density at radius 1 is 1.33 bits per heavy atom. The van der Waals surface area contributed by atoms with Crippen molar-refractivity contribution < 1.29 is 18.0 Å². The lowest BCUT2D eigenvalue weighted by molar-refractivity contribution is -0.138. The van der Waals surface area contributed by atoms with E-state index in [2.05, 4.69) is 5.32 Å². The number of nitrogens with one attached hydrogen (secondary N) is 1. The first-order chi connectivity index (χ1) is 9.41. The van der Waals surface area contributed by atoms with E-state index < -0.39 is 17.6 Å². The van der Waals surface area contributed by atoms with Crippen molar-refractivity contribution in [1.82, 2.24) is 10.2 Å². The smallest absolute Gasteiger partial charge is 0.337 e. The number of benzene rings is 1. The molecule has 3 nitrogen and oxygen atoms in total. The second kappa shape index (κ2) is 7.13. The van der Waals surface area contributed by atoms with E-state index in [1.54, 1.807) is 7.05 Å². The molecule has 1 aromatic rings. The first-order valence-corrected chi connectivity index (χ1v) is 6.55. The number of alkyl halides is 3. The fourth-order valence-corrected chi connectivity index (χ4v) is 2.44. The molecule has 1 aromatic carbocycles. The molecule has 7 heteroatoms. The quantitative estimate of drug-likeness (QED) is 0.908. The molecular formula is C14H18ClF3N2O. The Hall–Kier alpha value is -1.27. The van der Waals surface area contributed by atoms with Crippen LogP contribution in [0.5, 0.6) is 0 Å². The third kappa shape index (κ3) is 4.11. The van der Waals surface area contributed by atoms with Crippen LogP contribution in [0, 0.1) is 0 Å². The van der Waals surface area contributed by atoms with E-state index in [1.807, 2.05) is 0 Å². The second-order valence-electron chi connectivity index (χ2n) is 4.96. The Morgan fingerprint density at radius 3 is 2.57 bits per heavy atom. The molecule has 0 spiro atoms. The summed E-state index contributed by atoms with van der Waals surface area (Å²) in [6, 6.07) is 4.87. The Morgan fingerprint density at radius 2 is 2.00 bits per heavy atom. The molecule has 0 bridgehead atoms. The molecule has 1 atom stereocenters. The summed E-state index contributed by atoms with van der Waals surface area (Å²) in [7, 11) is 1.56. The van der Waals surface area contributed by atoms with Crippen molar-refractivity contribution in [2.75, 3.05) is 20.1 Å². The van der Waals surface area contributed by atoms with Crippen LogP contribution < -0.4 is 5.32 Å². The van der Waals surface area contributed by atoms with Crippen molar-refractivity contribution in [3.8, 4) is 0 Å². The SMILES string of the molecule is CN(C(=O)c1ccccc1C(F)(F)F)[C@H]1CCCNC1.Cl. The number of rotatable bonds is 2. The third-order valence-electron chi connectivity index (χ3n) is 3.60. The van der Waals surface area contributed by atoms with Gasteiger partial charge in [-0.05, 0) is 31.5 Å². The molecule has 1 aliphatic heterocycles. The van der Waals surface area contributed by atoms with E-state index >= 15 is 0 Å². The lowest BCUT2D eigenvalue weighted by atomic mass is 10.0. The summed E-state index contributed by atoms with van der Waals surface area (Å²) in [5, 5.41) is 3.15. The van der Waals surface area contributed by atoms with Crippen molar-refractivity contribution in [1.29, 1.82) is 0 Å². The summed E-state index contributed by atoms with van der Waals surface area (Å²) in [5.74, 6) is -0.577. The number of nitrogens with zero attached hydrogens (tertiary/aromatic N) is 1. The van der Waals surface area contributed by atoms with Crippen LogP contribution in [0.4, 0.5) is 13.2 Å². The van der Waals surface area contributed by atoms with E-state index in [4.69, 9.17) is 0 Å². The van der Waals surface area contributed by atoms with E-state index in [9.17, 15) is 18.0 Å². The highest BCUT2D eigenvalue weighted by molar-refractivity contribution is 5.96. The maximum atomic E-state index is 12.9. The van der Waals surface area contributed by atoms with Crippen LogP contribution in [-0.2, 0) is 6.18 Å². The Bertz CT molecular complexity index is 487. The molecule has 1 amide bonds. The highest BCUT2D eigenvalue weighted by atomic mass is 35.5. The fourth-order valence-electron chi connectivity index (χ4n) is 2.44. The molecule has 0 saturated carbocycles. The Labute approximate surface area is 127 Å². The number of amides is 1. The van der Waals surface area contributed by atoms with Gasteiger partial charge in [-0.15, -0.1) is 12.4 Å². The first-order valence-electron chi connectivity index (χ1n) is 6.55. The highest BCUT2D eigenvalue weighted by Crippen LogP contribution is 2.32. The number of likely N-dealkylation sites (N-methyl/N-ethyl adjacent to an activating group) is 1. The first kappa shape index (κ1) is 17.8. The molecule has 0 aromatic heterocycles.